The minimum atomic E-state index is -0.472. The highest BCUT2D eigenvalue weighted by Crippen LogP contribution is 2.21. The summed E-state index contributed by atoms with van der Waals surface area (Å²) >= 11 is 0. The number of aldehydes is 1. The lowest BCUT2D eigenvalue weighted by Crippen LogP contribution is -2.16. The number of ketones is 3. The predicted octanol–water partition coefficient (Wildman–Crippen LogP) is 2.98. The molecule has 24 heavy (non-hydrogen) atoms. The van der Waals surface area contributed by atoms with Gasteiger partial charge in [0.05, 0.1) is 5.57 Å². The summed E-state index contributed by atoms with van der Waals surface area (Å²) in [4.78, 5) is 46.1. The maximum Gasteiger partial charge on any atom is 0.197 e. The first-order valence-corrected chi connectivity index (χ1v) is 7.27. The molecular formula is C20H12O4. The van der Waals surface area contributed by atoms with E-state index in [9.17, 15) is 19.2 Å². The van der Waals surface area contributed by atoms with E-state index < -0.39 is 11.6 Å². The highest BCUT2D eigenvalue weighted by molar-refractivity contribution is 6.34. The van der Waals surface area contributed by atoms with E-state index in [1.165, 1.54) is 0 Å². The van der Waals surface area contributed by atoms with Crippen LogP contribution in [0.15, 0.2) is 72.3 Å². The van der Waals surface area contributed by atoms with E-state index in [1.807, 2.05) is 12.1 Å². The minimum Gasteiger partial charge on any atom is -0.298 e. The fraction of sp³-hybridized carbons (Fsp3) is 0. The molecule has 0 heterocycles. The van der Waals surface area contributed by atoms with Gasteiger partial charge in [-0.2, -0.15) is 0 Å². The molecule has 1 aliphatic rings. The van der Waals surface area contributed by atoms with Gasteiger partial charge in [-0.15, -0.1) is 0 Å². The van der Waals surface area contributed by atoms with E-state index in [-0.39, 0.29) is 11.4 Å². The Kier molecular flexibility index (Phi) is 4.12. The zero-order valence-corrected chi connectivity index (χ0v) is 12.6. The molecule has 0 fully saturated rings. The molecule has 4 heteroatoms. The van der Waals surface area contributed by atoms with Crippen LogP contribution in [0, 0.1) is 0 Å². The van der Waals surface area contributed by atoms with E-state index in [1.54, 1.807) is 36.4 Å². The summed E-state index contributed by atoms with van der Waals surface area (Å²) in [7, 11) is 0. The quantitative estimate of drug-likeness (QED) is 0.376. The van der Waals surface area contributed by atoms with E-state index in [0.29, 0.717) is 11.1 Å². The fourth-order valence-corrected chi connectivity index (χ4v) is 2.41. The number of carbonyl (C=O) groups excluding carboxylic acids is 4. The molecule has 2 aromatic rings. The molecule has 0 spiro atoms. The third kappa shape index (κ3) is 3.03. The minimum absolute atomic E-state index is 0.120. The lowest BCUT2D eigenvalue weighted by atomic mass is 9.94. The number of allylic oxidation sites excluding steroid dienone is 4. The van der Waals surface area contributed by atoms with Crippen molar-refractivity contribution in [3.05, 3.63) is 83.5 Å². The van der Waals surface area contributed by atoms with Gasteiger partial charge in [0.25, 0.3) is 0 Å². The topological polar surface area (TPSA) is 68.3 Å². The Bertz CT molecular complexity index is 898. The maximum absolute atomic E-state index is 12.4. The van der Waals surface area contributed by atoms with Crippen molar-refractivity contribution in [1.29, 1.82) is 0 Å². The van der Waals surface area contributed by atoms with Crippen molar-refractivity contribution in [2.24, 2.45) is 0 Å². The molecule has 4 nitrogen and oxygen atoms in total. The van der Waals surface area contributed by atoms with Gasteiger partial charge in [-0.3, -0.25) is 19.2 Å². The van der Waals surface area contributed by atoms with Crippen LogP contribution in [-0.2, 0) is 9.59 Å². The van der Waals surface area contributed by atoms with Gasteiger partial charge < -0.3 is 0 Å². The number of hydrogen-bond donors (Lipinski definition) is 0. The Labute approximate surface area is 138 Å². The number of Topliss-reactive ketones (excluding diaryl/α,β-unsaturated/α-hetero) is 1. The Morgan fingerprint density at radius 2 is 1.38 bits per heavy atom. The van der Waals surface area contributed by atoms with Crippen molar-refractivity contribution in [3.63, 3.8) is 0 Å². The Hall–Kier alpha value is -3.40. The lowest BCUT2D eigenvalue weighted by molar-refractivity contribution is -0.114. The van der Waals surface area contributed by atoms with Gasteiger partial charge in [-0.05, 0) is 23.3 Å². The van der Waals surface area contributed by atoms with Gasteiger partial charge in [0.1, 0.15) is 6.29 Å². The molecular weight excluding hydrogens is 304 g/mol. The summed E-state index contributed by atoms with van der Waals surface area (Å²) < 4.78 is 0. The van der Waals surface area contributed by atoms with Crippen molar-refractivity contribution in [2.75, 3.05) is 0 Å². The van der Waals surface area contributed by atoms with Crippen LogP contribution in [0.25, 0.3) is 11.1 Å². The third-order valence-electron chi connectivity index (χ3n) is 3.72. The predicted molar refractivity (Wildman–Crippen MR) is 88.8 cm³/mol. The summed E-state index contributed by atoms with van der Waals surface area (Å²) in [5.41, 5.74) is 2.59. The first-order valence-electron chi connectivity index (χ1n) is 7.27. The lowest BCUT2D eigenvalue weighted by Gasteiger charge is -2.07. The van der Waals surface area contributed by atoms with E-state index in [4.69, 9.17) is 0 Å². The summed E-state index contributed by atoms with van der Waals surface area (Å²) in [5, 5.41) is 0. The van der Waals surface area contributed by atoms with Crippen LogP contribution in [0.3, 0.4) is 0 Å². The van der Waals surface area contributed by atoms with E-state index >= 15 is 0 Å². The number of carbonyl (C=O) groups is 4. The second kappa shape index (κ2) is 6.38. The fourth-order valence-electron chi connectivity index (χ4n) is 2.41. The smallest absolute Gasteiger partial charge is 0.197 e. The standard InChI is InChI=1S/C20H12O4/c21-12-13-1-3-14(4-2-13)15-5-7-16(8-6-15)20(24)18-11-17(22)9-10-19(18)23/h1-12H. The molecule has 0 radical (unpaired) electrons. The third-order valence-corrected chi connectivity index (χ3v) is 3.72. The van der Waals surface area contributed by atoms with Crippen molar-refractivity contribution >= 4 is 23.6 Å². The second-order valence-electron chi connectivity index (χ2n) is 5.30. The summed E-state index contributed by atoms with van der Waals surface area (Å²) in [6, 6.07) is 13.8. The highest BCUT2D eigenvalue weighted by atomic mass is 16.2. The normalized spacial score (nSPS) is 13.6. The number of hydrogen-bond acceptors (Lipinski definition) is 4. The molecule has 116 valence electrons. The van der Waals surface area contributed by atoms with Crippen LogP contribution < -0.4 is 0 Å². The number of rotatable bonds is 4. The van der Waals surface area contributed by atoms with Crippen molar-refractivity contribution in [2.45, 2.75) is 0 Å². The molecule has 0 saturated carbocycles. The highest BCUT2D eigenvalue weighted by Gasteiger charge is 2.21. The Morgan fingerprint density at radius 3 is 1.96 bits per heavy atom. The number of benzene rings is 2. The second-order valence-corrected chi connectivity index (χ2v) is 5.30. The Balaban J connectivity index is 1.86. The van der Waals surface area contributed by atoms with Gasteiger partial charge >= 0.3 is 0 Å². The van der Waals surface area contributed by atoms with Gasteiger partial charge in [-0.25, -0.2) is 0 Å². The average Bonchev–Trinajstić information content (AvgIpc) is 2.63. The van der Waals surface area contributed by atoms with Gasteiger partial charge in [-0.1, -0.05) is 48.5 Å². The first kappa shape index (κ1) is 15.5. The van der Waals surface area contributed by atoms with Crippen LogP contribution >= 0.6 is 0 Å². The largest absolute Gasteiger partial charge is 0.298 e. The zero-order chi connectivity index (χ0) is 17.1. The molecule has 0 N–H and O–H groups in total. The summed E-state index contributed by atoms with van der Waals surface area (Å²) in [6.45, 7) is 0. The molecule has 0 atom stereocenters. The SMILES string of the molecule is O=Cc1ccc(-c2ccc(C(=O)C3=CC(=O)C=CC3=O)cc2)cc1. The monoisotopic (exact) mass is 316 g/mol. The van der Waals surface area contributed by atoms with Crippen molar-refractivity contribution in [1.82, 2.24) is 0 Å². The molecule has 0 amide bonds. The molecule has 0 aliphatic heterocycles. The molecule has 2 aromatic carbocycles. The van der Waals surface area contributed by atoms with Crippen LogP contribution in [0.5, 0.6) is 0 Å². The zero-order valence-electron chi connectivity index (χ0n) is 12.6. The Morgan fingerprint density at radius 1 is 0.792 bits per heavy atom. The molecule has 0 unspecified atom stereocenters. The summed E-state index contributed by atoms with van der Waals surface area (Å²) in [6.07, 6.45) is 4.09. The van der Waals surface area contributed by atoms with Crippen molar-refractivity contribution in [3.8, 4) is 11.1 Å². The summed E-state index contributed by atoms with van der Waals surface area (Å²) in [5.74, 6) is -1.31. The van der Waals surface area contributed by atoms with E-state index in [0.717, 1.165) is 35.6 Å². The first-order chi connectivity index (χ1) is 11.6. The van der Waals surface area contributed by atoms with Crippen LogP contribution in [-0.4, -0.2) is 23.6 Å². The van der Waals surface area contributed by atoms with Gasteiger partial charge in [0, 0.05) is 17.2 Å². The van der Waals surface area contributed by atoms with Crippen LogP contribution in [0.2, 0.25) is 0 Å². The average molecular weight is 316 g/mol. The molecule has 0 aromatic heterocycles. The molecule has 0 bridgehead atoms. The van der Waals surface area contributed by atoms with Crippen LogP contribution in [0.1, 0.15) is 20.7 Å². The van der Waals surface area contributed by atoms with Crippen molar-refractivity contribution < 1.29 is 19.2 Å². The molecule has 1 aliphatic carbocycles. The molecule has 0 saturated heterocycles. The van der Waals surface area contributed by atoms with Gasteiger partial charge in [0.15, 0.2) is 17.3 Å². The van der Waals surface area contributed by atoms with Gasteiger partial charge in [0.2, 0.25) is 0 Å². The molecule has 3 rings (SSSR count). The van der Waals surface area contributed by atoms with Crippen LogP contribution in [0.4, 0.5) is 0 Å². The van der Waals surface area contributed by atoms with E-state index in [2.05, 4.69) is 0 Å². The maximum atomic E-state index is 12.4.